The number of hydrogen-bond acceptors (Lipinski definition) is 3. The molecule has 3 aromatic rings. The Hall–Kier alpha value is -2.56. The quantitative estimate of drug-likeness (QED) is 0.764. The summed E-state index contributed by atoms with van der Waals surface area (Å²) in [5.74, 6) is -0.104. The smallest absolute Gasteiger partial charge is 0.165 e. The Morgan fingerprint density at radius 3 is 2.90 bits per heavy atom. The molecule has 0 saturated heterocycles. The van der Waals surface area contributed by atoms with E-state index >= 15 is 0 Å². The molecule has 0 amide bonds. The van der Waals surface area contributed by atoms with E-state index in [0.717, 1.165) is 22.2 Å². The molecule has 0 fully saturated rings. The Morgan fingerprint density at radius 2 is 2.14 bits per heavy atom. The number of fused-ring (bicyclic) bond motifs is 1. The lowest BCUT2D eigenvalue weighted by molar-refractivity contribution is 0.386. The van der Waals surface area contributed by atoms with Crippen molar-refractivity contribution >= 4 is 16.6 Å². The maximum Gasteiger partial charge on any atom is 0.165 e. The van der Waals surface area contributed by atoms with Gasteiger partial charge >= 0.3 is 0 Å². The molecule has 108 valence electrons. The van der Waals surface area contributed by atoms with E-state index in [0.29, 0.717) is 0 Å². The summed E-state index contributed by atoms with van der Waals surface area (Å²) in [7, 11) is 1.46. The summed E-state index contributed by atoms with van der Waals surface area (Å²) >= 11 is 0. The molecule has 1 atom stereocenters. The van der Waals surface area contributed by atoms with Crippen LogP contribution in [0.4, 0.5) is 10.1 Å². The van der Waals surface area contributed by atoms with Crippen LogP contribution in [0, 0.1) is 5.82 Å². The number of H-pyrrole nitrogens is 1. The second-order valence-corrected chi connectivity index (χ2v) is 4.90. The number of nitrogens with one attached hydrogen (secondary N) is 2. The summed E-state index contributed by atoms with van der Waals surface area (Å²) in [5, 5.41) is 11.4. The van der Waals surface area contributed by atoms with Crippen LogP contribution in [0.15, 0.2) is 42.6 Å². The molecular weight excluding hydrogens is 269 g/mol. The molecule has 21 heavy (non-hydrogen) atoms. The van der Waals surface area contributed by atoms with Gasteiger partial charge < -0.3 is 10.1 Å². The molecule has 4 nitrogen and oxygen atoms in total. The molecule has 0 radical (unpaired) electrons. The highest BCUT2D eigenvalue weighted by Crippen LogP contribution is 2.27. The van der Waals surface area contributed by atoms with E-state index in [1.807, 2.05) is 31.2 Å². The predicted octanol–water partition coefficient (Wildman–Crippen LogP) is 3.88. The molecule has 0 bridgehead atoms. The zero-order chi connectivity index (χ0) is 14.8. The molecule has 5 heteroatoms. The summed E-state index contributed by atoms with van der Waals surface area (Å²) in [5.41, 5.74) is 2.78. The van der Waals surface area contributed by atoms with Crippen molar-refractivity contribution in [3.05, 3.63) is 54.0 Å². The number of aromatic nitrogens is 2. The van der Waals surface area contributed by atoms with Gasteiger partial charge in [0.25, 0.3) is 0 Å². The lowest BCUT2D eigenvalue weighted by atomic mass is 10.1. The van der Waals surface area contributed by atoms with Gasteiger partial charge in [-0.05, 0) is 36.8 Å². The molecule has 2 N–H and O–H groups in total. The predicted molar refractivity (Wildman–Crippen MR) is 81.1 cm³/mol. The third-order valence-electron chi connectivity index (χ3n) is 3.53. The van der Waals surface area contributed by atoms with Gasteiger partial charge in [-0.3, -0.25) is 5.10 Å². The Morgan fingerprint density at radius 1 is 1.29 bits per heavy atom. The fraction of sp³-hybridized carbons (Fsp3) is 0.188. The van der Waals surface area contributed by atoms with Gasteiger partial charge in [-0.1, -0.05) is 12.1 Å². The minimum absolute atomic E-state index is 0.0362. The van der Waals surface area contributed by atoms with Crippen LogP contribution >= 0.6 is 0 Å². The highest BCUT2D eigenvalue weighted by atomic mass is 19.1. The lowest BCUT2D eigenvalue weighted by Crippen LogP contribution is -2.07. The molecule has 0 saturated carbocycles. The number of rotatable bonds is 4. The first-order valence-electron chi connectivity index (χ1n) is 6.71. The molecular formula is C16H16FN3O. The summed E-state index contributed by atoms with van der Waals surface area (Å²) in [4.78, 5) is 0. The van der Waals surface area contributed by atoms with Crippen LogP contribution in [0.3, 0.4) is 0 Å². The highest BCUT2D eigenvalue weighted by Gasteiger charge is 2.11. The normalized spacial score (nSPS) is 12.3. The highest BCUT2D eigenvalue weighted by molar-refractivity contribution is 5.90. The van der Waals surface area contributed by atoms with E-state index in [1.54, 1.807) is 12.3 Å². The number of aromatic amines is 1. The third kappa shape index (κ3) is 2.54. The summed E-state index contributed by atoms with van der Waals surface area (Å²) in [6.45, 7) is 1.99. The molecule has 0 aliphatic heterocycles. The van der Waals surface area contributed by atoms with E-state index in [-0.39, 0.29) is 17.6 Å². The molecule has 1 aromatic heterocycles. The van der Waals surface area contributed by atoms with Gasteiger partial charge in [-0.25, -0.2) is 4.39 Å². The van der Waals surface area contributed by atoms with Crippen molar-refractivity contribution in [2.45, 2.75) is 13.0 Å². The zero-order valence-electron chi connectivity index (χ0n) is 11.9. The maximum absolute atomic E-state index is 13.8. The van der Waals surface area contributed by atoms with Crippen LogP contribution in [-0.4, -0.2) is 17.3 Å². The largest absolute Gasteiger partial charge is 0.494 e. The number of halogens is 1. The average Bonchev–Trinajstić information content (AvgIpc) is 2.96. The minimum Gasteiger partial charge on any atom is -0.494 e. The molecule has 2 aromatic carbocycles. The fourth-order valence-corrected chi connectivity index (χ4v) is 2.36. The van der Waals surface area contributed by atoms with Gasteiger partial charge in [-0.15, -0.1) is 0 Å². The summed E-state index contributed by atoms with van der Waals surface area (Å²) in [6.07, 6.45) is 1.78. The fourth-order valence-electron chi connectivity index (χ4n) is 2.36. The third-order valence-corrected chi connectivity index (χ3v) is 3.53. The van der Waals surface area contributed by atoms with Gasteiger partial charge in [0.1, 0.15) is 0 Å². The number of hydrogen-bond donors (Lipinski definition) is 2. The SMILES string of the molecule is COc1ccc(C(C)Nc2cccc3[nH]ncc23)cc1F. The molecule has 3 rings (SSSR count). The van der Waals surface area contributed by atoms with Crippen LogP contribution in [0.25, 0.3) is 10.9 Å². The number of anilines is 1. The van der Waals surface area contributed by atoms with E-state index in [4.69, 9.17) is 4.74 Å². The van der Waals surface area contributed by atoms with Crippen LogP contribution in [0.2, 0.25) is 0 Å². The monoisotopic (exact) mass is 285 g/mol. The van der Waals surface area contributed by atoms with Gasteiger partial charge in [0.2, 0.25) is 0 Å². The number of nitrogens with zero attached hydrogens (tertiary/aromatic N) is 1. The van der Waals surface area contributed by atoms with Crippen molar-refractivity contribution in [2.75, 3.05) is 12.4 Å². The first-order valence-corrected chi connectivity index (χ1v) is 6.71. The van der Waals surface area contributed by atoms with E-state index < -0.39 is 0 Å². The van der Waals surface area contributed by atoms with Crippen molar-refractivity contribution in [3.63, 3.8) is 0 Å². The van der Waals surface area contributed by atoms with Crippen molar-refractivity contribution in [1.82, 2.24) is 10.2 Å². The van der Waals surface area contributed by atoms with Crippen molar-refractivity contribution in [1.29, 1.82) is 0 Å². The molecule has 1 heterocycles. The number of ether oxygens (including phenoxy) is 1. The molecule has 1 unspecified atom stereocenters. The summed E-state index contributed by atoms with van der Waals surface area (Å²) in [6, 6.07) is 10.8. The van der Waals surface area contributed by atoms with E-state index in [2.05, 4.69) is 15.5 Å². The maximum atomic E-state index is 13.8. The Bertz CT molecular complexity index is 769. The van der Waals surface area contributed by atoms with Gasteiger partial charge in [0.05, 0.1) is 18.8 Å². The van der Waals surface area contributed by atoms with Crippen molar-refractivity contribution < 1.29 is 9.13 Å². The topological polar surface area (TPSA) is 49.9 Å². The average molecular weight is 285 g/mol. The Labute approximate surface area is 121 Å². The second-order valence-electron chi connectivity index (χ2n) is 4.90. The van der Waals surface area contributed by atoms with Gasteiger partial charge in [-0.2, -0.15) is 5.10 Å². The van der Waals surface area contributed by atoms with Gasteiger partial charge in [0, 0.05) is 17.1 Å². The second kappa shape index (κ2) is 5.44. The number of benzene rings is 2. The standard InChI is InChI=1S/C16H16FN3O/c1-10(11-6-7-16(21-2)13(17)8-11)19-14-4-3-5-15-12(14)9-18-20-15/h3-10,19H,1-2H3,(H,18,20). The molecule has 0 spiro atoms. The zero-order valence-corrected chi connectivity index (χ0v) is 11.9. The Balaban J connectivity index is 1.87. The minimum atomic E-state index is -0.356. The van der Waals surface area contributed by atoms with Crippen molar-refractivity contribution in [2.24, 2.45) is 0 Å². The number of methoxy groups -OCH3 is 1. The van der Waals surface area contributed by atoms with Crippen LogP contribution in [-0.2, 0) is 0 Å². The first kappa shape index (κ1) is 13.4. The lowest BCUT2D eigenvalue weighted by Gasteiger charge is -2.17. The molecule has 0 aliphatic rings. The van der Waals surface area contributed by atoms with Crippen molar-refractivity contribution in [3.8, 4) is 5.75 Å². The van der Waals surface area contributed by atoms with Gasteiger partial charge in [0.15, 0.2) is 11.6 Å². The van der Waals surface area contributed by atoms with E-state index in [9.17, 15) is 4.39 Å². The van der Waals surface area contributed by atoms with Crippen LogP contribution in [0.1, 0.15) is 18.5 Å². The van der Waals surface area contributed by atoms with Crippen LogP contribution < -0.4 is 10.1 Å². The molecule has 0 aliphatic carbocycles. The van der Waals surface area contributed by atoms with E-state index in [1.165, 1.54) is 13.2 Å². The summed E-state index contributed by atoms with van der Waals surface area (Å²) < 4.78 is 18.7. The first-order chi connectivity index (χ1) is 10.2. The van der Waals surface area contributed by atoms with Crippen LogP contribution in [0.5, 0.6) is 5.75 Å². The Kier molecular flexibility index (Phi) is 3.48.